The molecule has 2 amide bonds. The molecule has 0 aromatic carbocycles. The smallest absolute Gasteiger partial charge is 0.311 e. The fourth-order valence-electron chi connectivity index (χ4n) is 1.72. The minimum absolute atomic E-state index is 0.181. The molecule has 3 N–H and O–H groups in total. The van der Waals surface area contributed by atoms with Crippen molar-refractivity contribution in [2.45, 2.75) is 37.8 Å². The molecule has 0 atom stereocenters. The predicted molar refractivity (Wildman–Crippen MR) is 55.0 cm³/mol. The largest absolute Gasteiger partial charge is 0.345 e. The lowest BCUT2D eigenvalue weighted by Gasteiger charge is -2.29. The lowest BCUT2D eigenvalue weighted by Crippen LogP contribution is -2.49. The summed E-state index contributed by atoms with van der Waals surface area (Å²) in [4.78, 5) is 24.7. The van der Waals surface area contributed by atoms with Crippen molar-refractivity contribution >= 4 is 11.8 Å². The second-order valence-electron chi connectivity index (χ2n) is 4.38. The van der Waals surface area contributed by atoms with Crippen molar-refractivity contribution in [2.75, 3.05) is 13.1 Å². The number of hydrogen-bond donors (Lipinski definition) is 2. The highest BCUT2D eigenvalue weighted by Gasteiger charge is 2.30. The SMILES string of the molecule is NC1CCN(C(=O)C(=O)NC2CC2)CC1. The molecule has 5 heteroatoms. The Labute approximate surface area is 89.0 Å². The first-order valence-electron chi connectivity index (χ1n) is 5.52. The summed E-state index contributed by atoms with van der Waals surface area (Å²) in [6.45, 7) is 1.22. The van der Waals surface area contributed by atoms with Crippen LogP contribution in [0, 0.1) is 0 Å². The lowest BCUT2D eigenvalue weighted by molar-refractivity contribution is -0.146. The average molecular weight is 211 g/mol. The van der Waals surface area contributed by atoms with E-state index in [-0.39, 0.29) is 12.1 Å². The molecule has 0 bridgehead atoms. The molecular weight excluding hydrogens is 194 g/mol. The number of piperidine rings is 1. The number of likely N-dealkylation sites (tertiary alicyclic amines) is 1. The Kier molecular flexibility index (Phi) is 2.90. The monoisotopic (exact) mass is 211 g/mol. The van der Waals surface area contributed by atoms with Crippen LogP contribution in [0.15, 0.2) is 0 Å². The zero-order valence-electron chi connectivity index (χ0n) is 8.74. The topological polar surface area (TPSA) is 75.4 Å². The van der Waals surface area contributed by atoms with Gasteiger partial charge in [0.15, 0.2) is 0 Å². The van der Waals surface area contributed by atoms with Crippen LogP contribution >= 0.6 is 0 Å². The Morgan fingerprint density at radius 3 is 2.27 bits per heavy atom. The number of nitrogens with zero attached hydrogens (tertiary/aromatic N) is 1. The molecule has 0 unspecified atom stereocenters. The Bertz CT molecular complexity index is 268. The molecule has 1 aliphatic carbocycles. The summed E-state index contributed by atoms with van der Waals surface area (Å²) < 4.78 is 0. The van der Waals surface area contributed by atoms with Crippen LogP contribution in [0.4, 0.5) is 0 Å². The van der Waals surface area contributed by atoms with Crippen molar-refractivity contribution in [3.8, 4) is 0 Å². The second kappa shape index (κ2) is 4.18. The zero-order chi connectivity index (χ0) is 10.8. The van der Waals surface area contributed by atoms with Crippen molar-refractivity contribution in [1.29, 1.82) is 0 Å². The maximum atomic E-state index is 11.6. The molecule has 2 aliphatic rings. The average Bonchev–Trinajstić information content (AvgIpc) is 3.02. The van der Waals surface area contributed by atoms with Crippen LogP contribution < -0.4 is 11.1 Å². The van der Waals surface area contributed by atoms with Gasteiger partial charge in [0, 0.05) is 25.2 Å². The molecule has 0 radical (unpaired) electrons. The molecule has 1 heterocycles. The maximum absolute atomic E-state index is 11.6. The lowest BCUT2D eigenvalue weighted by atomic mass is 10.1. The number of carbonyl (C=O) groups excluding carboxylic acids is 2. The van der Waals surface area contributed by atoms with Gasteiger partial charge in [-0.05, 0) is 25.7 Å². The Morgan fingerprint density at radius 1 is 1.13 bits per heavy atom. The summed E-state index contributed by atoms with van der Waals surface area (Å²) in [5.41, 5.74) is 5.73. The first kappa shape index (κ1) is 10.4. The van der Waals surface area contributed by atoms with E-state index in [0.29, 0.717) is 13.1 Å². The van der Waals surface area contributed by atoms with Gasteiger partial charge in [-0.15, -0.1) is 0 Å². The minimum Gasteiger partial charge on any atom is -0.345 e. The molecule has 0 spiro atoms. The van der Waals surface area contributed by atoms with E-state index in [0.717, 1.165) is 25.7 Å². The van der Waals surface area contributed by atoms with E-state index in [2.05, 4.69) is 5.32 Å². The number of amides is 2. The highest BCUT2D eigenvalue weighted by molar-refractivity contribution is 6.35. The summed E-state index contributed by atoms with van der Waals surface area (Å²) in [5.74, 6) is -0.846. The zero-order valence-corrected chi connectivity index (χ0v) is 8.74. The molecule has 1 saturated carbocycles. The number of nitrogens with two attached hydrogens (primary N) is 1. The van der Waals surface area contributed by atoms with E-state index >= 15 is 0 Å². The minimum atomic E-state index is -0.451. The van der Waals surface area contributed by atoms with E-state index < -0.39 is 11.8 Å². The standard InChI is InChI=1S/C10H17N3O2/c11-7-3-5-13(6-4-7)10(15)9(14)12-8-1-2-8/h7-8H,1-6,11H2,(H,12,14). The molecular formula is C10H17N3O2. The third-order valence-electron chi connectivity index (χ3n) is 2.93. The van der Waals surface area contributed by atoms with E-state index in [9.17, 15) is 9.59 Å². The number of hydrogen-bond acceptors (Lipinski definition) is 3. The molecule has 15 heavy (non-hydrogen) atoms. The van der Waals surface area contributed by atoms with E-state index in [1.54, 1.807) is 4.90 Å². The van der Waals surface area contributed by atoms with Crippen molar-refractivity contribution in [1.82, 2.24) is 10.2 Å². The van der Waals surface area contributed by atoms with Crippen LogP contribution in [0.1, 0.15) is 25.7 Å². The highest BCUT2D eigenvalue weighted by atomic mass is 16.2. The van der Waals surface area contributed by atoms with Crippen LogP contribution in [0.3, 0.4) is 0 Å². The van der Waals surface area contributed by atoms with Crippen LogP contribution in [-0.2, 0) is 9.59 Å². The quantitative estimate of drug-likeness (QED) is 0.558. The van der Waals surface area contributed by atoms with Gasteiger partial charge in [0.25, 0.3) is 0 Å². The van der Waals surface area contributed by atoms with Gasteiger partial charge in [0.2, 0.25) is 0 Å². The Balaban J connectivity index is 1.81. The predicted octanol–water partition coefficient (Wildman–Crippen LogP) is -0.785. The van der Waals surface area contributed by atoms with E-state index in [4.69, 9.17) is 5.73 Å². The molecule has 2 fully saturated rings. The Hall–Kier alpha value is -1.10. The highest BCUT2D eigenvalue weighted by Crippen LogP contribution is 2.18. The Morgan fingerprint density at radius 2 is 1.73 bits per heavy atom. The van der Waals surface area contributed by atoms with E-state index in [1.165, 1.54) is 0 Å². The first-order chi connectivity index (χ1) is 7.16. The van der Waals surface area contributed by atoms with Crippen LogP contribution in [0.5, 0.6) is 0 Å². The first-order valence-corrected chi connectivity index (χ1v) is 5.52. The van der Waals surface area contributed by atoms with Gasteiger partial charge in [-0.2, -0.15) is 0 Å². The summed E-state index contributed by atoms with van der Waals surface area (Å²) in [7, 11) is 0. The molecule has 0 aromatic heterocycles. The van der Waals surface area contributed by atoms with Gasteiger partial charge < -0.3 is 16.0 Å². The van der Waals surface area contributed by atoms with Crippen LogP contribution in [-0.4, -0.2) is 41.9 Å². The molecule has 1 aliphatic heterocycles. The van der Waals surface area contributed by atoms with Crippen molar-refractivity contribution < 1.29 is 9.59 Å². The fourth-order valence-corrected chi connectivity index (χ4v) is 1.72. The normalized spacial score (nSPS) is 22.6. The summed E-state index contributed by atoms with van der Waals surface area (Å²) >= 11 is 0. The maximum Gasteiger partial charge on any atom is 0.311 e. The van der Waals surface area contributed by atoms with Gasteiger partial charge in [-0.25, -0.2) is 0 Å². The van der Waals surface area contributed by atoms with Gasteiger partial charge in [-0.3, -0.25) is 9.59 Å². The van der Waals surface area contributed by atoms with Gasteiger partial charge in [-0.1, -0.05) is 0 Å². The number of nitrogens with one attached hydrogen (secondary N) is 1. The van der Waals surface area contributed by atoms with E-state index in [1.807, 2.05) is 0 Å². The molecule has 0 aromatic rings. The summed E-state index contributed by atoms with van der Waals surface area (Å²) in [5, 5.41) is 2.70. The van der Waals surface area contributed by atoms with Crippen molar-refractivity contribution in [3.63, 3.8) is 0 Å². The molecule has 84 valence electrons. The van der Waals surface area contributed by atoms with Gasteiger partial charge >= 0.3 is 11.8 Å². The van der Waals surface area contributed by atoms with Crippen LogP contribution in [0.25, 0.3) is 0 Å². The van der Waals surface area contributed by atoms with Gasteiger partial charge in [0.1, 0.15) is 0 Å². The fraction of sp³-hybridized carbons (Fsp3) is 0.800. The third-order valence-corrected chi connectivity index (χ3v) is 2.93. The number of rotatable bonds is 1. The molecule has 2 rings (SSSR count). The number of carbonyl (C=O) groups is 2. The van der Waals surface area contributed by atoms with Crippen molar-refractivity contribution in [3.05, 3.63) is 0 Å². The summed E-state index contributed by atoms with van der Waals surface area (Å²) in [6, 6.07) is 0.425. The van der Waals surface area contributed by atoms with Crippen LogP contribution in [0.2, 0.25) is 0 Å². The third kappa shape index (κ3) is 2.68. The molecule has 5 nitrogen and oxygen atoms in total. The second-order valence-corrected chi connectivity index (χ2v) is 4.38. The van der Waals surface area contributed by atoms with Crippen molar-refractivity contribution in [2.24, 2.45) is 5.73 Å². The molecule has 1 saturated heterocycles. The summed E-state index contributed by atoms with van der Waals surface area (Å²) in [6.07, 6.45) is 3.60. The van der Waals surface area contributed by atoms with Gasteiger partial charge in [0.05, 0.1) is 0 Å².